The maximum Gasteiger partial charge on any atom is 0.341 e. The Bertz CT molecular complexity index is 762. The van der Waals surface area contributed by atoms with E-state index in [9.17, 15) is 9.59 Å². The van der Waals surface area contributed by atoms with Crippen LogP contribution in [-0.2, 0) is 16.0 Å². The molecule has 0 atom stereocenters. The van der Waals surface area contributed by atoms with Gasteiger partial charge < -0.3 is 10.1 Å². The Morgan fingerprint density at radius 3 is 2.48 bits per heavy atom. The van der Waals surface area contributed by atoms with E-state index in [2.05, 4.69) is 11.4 Å². The monoisotopic (exact) mass is 331 g/mol. The maximum absolute atomic E-state index is 12.3. The highest BCUT2D eigenvalue weighted by atomic mass is 32.1. The molecule has 0 aliphatic carbocycles. The Morgan fingerprint density at radius 2 is 1.87 bits per heavy atom. The molecule has 0 aliphatic heterocycles. The number of carbonyl (C=O) groups excluding carboxylic acids is 2. The fourth-order valence-electron chi connectivity index (χ4n) is 2.45. The Labute approximate surface area is 140 Å². The predicted molar refractivity (Wildman–Crippen MR) is 93.4 cm³/mol. The lowest BCUT2D eigenvalue weighted by molar-refractivity contribution is -0.115. The van der Waals surface area contributed by atoms with Gasteiger partial charge in [-0.1, -0.05) is 23.8 Å². The molecule has 1 aromatic heterocycles. The number of amides is 1. The van der Waals surface area contributed by atoms with Crippen LogP contribution in [0.15, 0.2) is 18.2 Å². The van der Waals surface area contributed by atoms with Crippen LogP contribution in [0.25, 0.3) is 0 Å². The Hall–Kier alpha value is -2.14. The third kappa shape index (κ3) is 3.79. The molecular formula is C18H21NO3S. The molecule has 0 fully saturated rings. The summed E-state index contributed by atoms with van der Waals surface area (Å²) in [6.45, 7) is 7.80. The van der Waals surface area contributed by atoms with Crippen LogP contribution in [0, 0.1) is 27.7 Å². The zero-order valence-corrected chi connectivity index (χ0v) is 14.9. The summed E-state index contributed by atoms with van der Waals surface area (Å²) in [5.41, 5.74) is 4.54. The minimum atomic E-state index is -0.423. The highest BCUT2D eigenvalue weighted by molar-refractivity contribution is 7.16. The van der Waals surface area contributed by atoms with Crippen molar-refractivity contribution in [1.29, 1.82) is 0 Å². The summed E-state index contributed by atoms with van der Waals surface area (Å²) in [4.78, 5) is 25.3. The minimum Gasteiger partial charge on any atom is -0.465 e. The molecule has 5 heteroatoms. The van der Waals surface area contributed by atoms with Crippen molar-refractivity contribution in [2.24, 2.45) is 0 Å². The molecule has 2 aromatic rings. The summed E-state index contributed by atoms with van der Waals surface area (Å²) in [6, 6.07) is 6.02. The molecule has 0 bridgehead atoms. The van der Waals surface area contributed by atoms with Crippen molar-refractivity contribution in [3.63, 3.8) is 0 Å². The average molecular weight is 331 g/mol. The largest absolute Gasteiger partial charge is 0.465 e. The SMILES string of the molecule is COC(=O)c1c(NC(=O)Cc2ccc(C)cc2C)sc(C)c1C. The van der Waals surface area contributed by atoms with Crippen LogP contribution >= 0.6 is 11.3 Å². The normalized spacial score (nSPS) is 10.5. The van der Waals surface area contributed by atoms with Gasteiger partial charge in [-0.25, -0.2) is 4.79 Å². The number of ether oxygens (including phenoxy) is 1. The van der Waals surface area contributed by atoms with E-state index < -0.39 is 5.97 Å². The number of anilines is 1. The number of hydrogen-bond donors (Lipinski definition) is 1. The molecule has 4 nitrogen and oxygen atoms in total. The van der Waals surface area contributed by atoms with Gasteiger partial charge in [0.1, 0.15) is 5.00 Å². The summed E-state index contributed by atoms with van der Waals surface area (Å²) in [5, 5.41) is 3.41. The number of aryl methyl sites for hydroxylation is 3. The fraction of sp³-hybridized carbons (Fsp3) is 0.333. The van der Waals surface area contributed by atoms with Crippen LogP contribution in [0.4, 0.5) is 5.00 Å². The zero-order valence-electron chi connectivity index (χ0n) is 14.1. The van der Waals surface area contributed by atoms with Crippen LogP contribution in [0.3, 0.4) is 0 Å². The van der Waals surface area contributed by atoms with Gasteiger partial charge in [-0.2, -0.15) is 0 Å². The maximum atomic E-state index is 12.3. The molecule has 1 aromatic carbocycles. The van der Waals surface area contributed by atoms with Crippen molar-refractivity contribution in [2.45, 2.75) is 34.1 Å². The number of nitrogens with one attached hydrogen (secondary N) is 1. The molecule has 0 spiro atoms. The summed E-state index contributed by atoms with van der Waals surface area (Å²) >= 11 is 1.40. The van der Waals surface area contributed by atoms with Gasteiger partial charge in [-0.15, -0.1) is 11.3 Å². The van der Waals surface area contributed by atoms with Crippen molar-refractivity contribution in [2.75, 3.05) is 12.4 Å². The molecule has 122 valence electrons. The standard InChI is InChI=1S/C18H21NO3S/c1-10-6-7-14(11(2)8-10)9-15(20)19-17-16(18(21)22-5)12(3)13(4)23-17/h6-8H,9H2,1-5H3,(H,19,20). The number of carbonyl (C=O) groups is 2. The second-order valence-electron chi connectivity index (χ2n) is 5.63. The number of rotatable bonds is 4. The van der Waals surface area contributed by atoms with Gasteiger partial charge in [0.05, 0.1) is 19.1 Å². The van der Waals surface area contributed by atoms with Crippen LogP contribution in [0.1, 0.15) is 37.5 Å². The molecular weight excluding hydrogens is 310 g/mol. The van der Waals surface area contributed by atoms with E-state index in [1.54, 1.807) is 0 Å². The van der Waals surface area contributed by atoms with Crippen LogP contribution in [0.2, 0.25) is 0 Å². The second kappa shape index (κ2) is 6.96. The zero-order chi connectivity index (χ0) is 17.1. The molecule has 0 radical (unpaired) electrons. The van der Waals surface area contributed by atoms with E-state index in [4.69, 9.17) is 4.74 Å². The molecule has 0 aliphatic rings. The first-order valence-corrected chi connectivity index (χ1v) is 8.19. The predicted octanol–water partition coefficient (Wildman–Crippen LogP) is 3.95. The van der Waals surface area contributed by atoms with Crippen molar-refractivity contribution in [3.05, 3.63) is 50.9 Å². The van der Waals surface area contributed by atoms with Gasteiger partial charge in [0.15, 0.2) is 0 Å². The van der Waals surface area contributed by atoms with E-state index in [0.29, 0.717) is 10.6 Å². The summed E-state index contributed by atoms with van der Waals surface area (Å²) in [5.74, 6) is -0.558. The molecule has 1 N–H and O–H groups in total. The van der Waals surface area contributed by atoms with Gasteiger partial charge in [0.25, 0.3) is 0 Å². The van der Waals surface area contributed by atoms with Crippen molar-refractivity contribution < 1.29 is 14.3 Å². The first kappa shape index (κ1) is 17.2. The van der Waals surface area contributed by atoms with E-state index >= 15 is 0 Å². The van der Waals surface area contributed by atoms with E-state index in [1.165, 1.54) is 24.0 Å². The molecule has 0 saturated heterocycles. The minimum absolute atomic E-state index is 0.136. The Balaban J connectivity index is 2.20. The molecule has 1 heterocycles. The average Bonchev–Trinajstić information content (AvgIpc) is 2.76. The first-order valence-electron chi connectivity index (χ1n) is 7.37. The Kier molecular flexibility index (Phi) is 5.21. The van der Waals surface area contributed by atoms with Gasteiger partial charge in [-0.05, 0) is 44.4 Å². The molecule has 23 heavy (non-hydrogen) atoms. The summed E-state index contributed by atoms with van der Waals surface area (Å²) < 4.78 is 4.82. The summed E-state index contributed by atoms with van der Waals surface area (Å²) in [6.07, 6.45) is 0.280. The number of esters is 1. The molecule has 0 saturated carbocycles. The van der Waals surface area contributed by atoms with Crippen LogP contribution in [-0.4, -0.2) is 19.0 Å². The van der Waals surface area contributed by atoms with Gasteiger partial charge in [0, 0.05) is 4.88 Å². The molecule has 2 rings (SSSR count). The lowest BCUT2D eigenvalue weighted by atomic mass is 10.0. The number of thiophene rings is 1. The number of benzene rings is 1. The lowest BCUT2D eigenvalue weighted by Crippen LogP contribution is -2.16. The van der Waals surface area contributed by atoms with Crippen LogP contribution < -0.4 is 5.32 Å². The van der Waals surface area contributed by atoms with Gasteiger partial charge >= 0.3 is 5.97 Å². The van der Waals surface area contributed by atoms with Crippen molar-refractivity contribution >= 4 is 28.2 Å². The smallest absolute Gasteiger partial charge is 0.341 e. The number of methoxy groups -OCH3 is 1. The summed E-state index contributed by atoms with van der Waals surface area (Å²) in [7, 11) is 1.34. The first-order chi connectivity index (χ1) is 10.8. The topological polar surface area (TPSA) is 55.4 Å². The second-order valence-corrected chi connectivity index (χ2v) is 6.86. The third-order valence-corrected chi connectivity index (χ3v) is 5.00. The highest BCUT2D eigenvalue weighted by Crippen LogP contribution is 2.33. The van der Waals surface area contributed by atoms with Crippen molar-refractivity contribution in [1.82, 2.24) is 0 Å². The van der Waals surface area contributed by atoms with E-state index in [1.807, 2.05) is 39.8 Å². The molecule has 0 unspecified atom stereocenters. The van der Waals surface area contributed by atoms with Crippen LogP contribution in [0.5, 0.6) is 0 Å². The molecule has 1 amide bonds. The van der Waals surface area contributed by atoms with Gasteiger partial charge in [0.2, 0.25) is 5.91 Å². The van der Waals surface area contributed by atoms with Crippen molar-refractivity contribution in [3.8, 4) is 0 Å². The fourth-order valence-corrected chi connectivity index (χ4v) is 3.52. The third-order valence-electron chi connectivity index (χ3n) is 3.88. The quantitative estimate of drug-likeness (QED) is 0.863. The Morgan fingerprint density at radius 1 is 1.17 bits per heavy atom. The lowest BCUT2D eigenvalue weighted by Gasteiger charge is -2.08. The van der Waals surface area contributed by atoms with E-state index in [-0.39, 0.29) is 12.3 Å². The van der Waals surface area contributed by atoms with Gasteiger partial charge in [-0.3, -0.25) is 4.79 Å². The van der Waals surface area contributed by atoms with E-state index in [0.717, 1.165) is 21.6 Å². The number of hydrogen-bond acceptors (Lipinski definition) is 4. The highest BCUT2D eigenvalue weighted by Gasteiger charge is 2.21.